The summed E-state index contributed by atoms with van der Waals surface area (Å²) < 4.78 is 124. The molecule has 0 radical (unpaired) electrons. The zero-order valence-electron chi connectivity index (χ0n) is 18.2. The van der Waals surface area contributed by atoms with E-state index in [2.05, 4.69) is 4.74 Å². The molecular weight excluding hydrogens is 463 g/mol. The van der Waals surface area contributed by atoms with Crippen LogP contribution >= 0.6 is 0 Å². The minimum atomic E-state index is -7.01. The number of rotatable bonds is 12. The molecule has 0 saturated carbocycles. The van der Waals surface area contributed by atoms with Crippen molar-refractivity contribution in [1.82, 2.24) is 0 Å². The van der Waals surface area contributed by atoms with E-state index >= 15 is 0 Å². The topological polar surface area (TPSA) is 52.6 Å². The van der Waals surface area contributed by atoms with Gasteiger partial charge in [-0.2, -0.15) is 39.5 Å². The number of carbonyl (C=O) groups excluding carboxylic acids is 2. The molecule has 0 saturated heterocycles. The first-order valence-electron chi connectivity index (χ1n) is 9.65. The van der Waals surface area contributed by atoms with Gasteiger partial charge in [0.15, 0.2) is 6.61 Å². The average molecular weight is 490 g/mol. The zero-order chi connectivity index (χ0) is 25.8. The van der Waals surface area contributed by atoms with E-state index in [0.717, 1.165) is 6.42 Å². The molecule has 0 fully saturated rings. The first kappa shape index (κ1) is 30.3. The van der Waals surface area contributed by atoms with Gasteiger partial charge in [-0.3, -0.25) is 4.79 Å². The van der Waals surface area contributed by atoms with Crippen LogP contribution in [0.4, 0.5) is 39.5 Å². The summed E-state index contributed by atoms with van der Waals surface area (Å²) >= 11 is 0. The van der Waals surface area contributed by atoms with Crippen LogP contribution in [-0.2, 0) is 19.1 Å². The van der Waals surface area contributed by atoms with Crippen molar-refractivity contribution in [3.63, 3.8) is 0 Å². The number of hydrogen-bond donors (Lipinski definition) is 0. The summed E-state index contributed by atoms with van der Waals surface area (Å²) in [5.74, 6) is -22.7. The summed E-state index contributed by atoms with van der Waals surface area (Å²) in [6, 6.07) is 0. The molecule has 0 amide bonds. The average Bonchev–Trinajstić information content (AvgIpc) is 2.62. The highest BCUT2D eigenvalue weighted by Crippen LogP contribution is 2.53. The Labute approximate surface area is 179 Å². The summed E-state index contributed by atoms with van der Waals surface area (Å²) in [6.45, 7) is 6.50. The fourth-order valence-corrected chi connectivity index (χ4v) is 2.47. The van der Waals surface area contributed by atoms with Gasteiger partial charge in [0, 0.05) is 0 Å². The third-order valence-corrected chi connectivity index (χ3v) is 5.06. The van der Waals surface area contributed by atoms with Crippen molar-refractivity contribution in [2.24, 2.45) is 17.3 Å². The normalized spacial score (nSPS) is 15.0. The van der Waals surface area contributed by atoms with Gasteiger partial charge in [-0.15, -0.1) is 0 Å². The van der Waals surface area contributed by atoms with Crippen molar-refractivity contribution in [2.75, 3.05) is 13.2 Å². The lowest BCUT2D eigenvalue weighted by atomic mass is 9.77. The van der Waals surface area contributed by atoms with Crippen molar-refractivity contribution < 1.29 is 58.6 Å². The lowest BCUT2D eigenvalue weighted by Crippen LogP contribution is -2.61. The quantitative estimate of drug-likeness (QED) is 0.248. The number of esters is 2. The molecule has 1 atom stereocenters. The predicted molar refractivity (Wildman–Crippen MR) is 94.4 cm³/mol. The number of carbonyl (C=O) groups is 2. The Bertz CT molecular complexity index is 643. The maximum absolute atomic E-state index is 13.4. The Morgan fingerprint density at radius 2 is 1.34 bits per heavy atom. The van der Waals surface area contributed by atoms with Crippen LogP contribution in [0.15, 0.2) is 0 Å². The Balaban J connectivity index is 4.87. The molecule has 0 aliphatic heterocycles. The molecule has 0 aliphatic rings. The third kappa shape index (κ3) is 7.43. The van der Waals surface area contributed by atoms with Gasteiger partial charge in [0.2, 0.25) is 0 Å². The van der Waals surface area contributed by atoms with Crippen molar-refractivity contribution in [3.05, 3.63) is 0 Å². The van der Waals surface area contributed by atoms with Gasteiger partial charge in [0.1, 0.15) is 0 Å². The van der Waals surface area contributed by atoms with Crippen molar-refractivity contribution in [1.29, 1.82) is 0 Å². The van der Waals surface area contributed by atoms with Gasteiger partial charge in [-0.05, 0) is 17.8 Å². The largest absolute Gasteiger partial charge is 0.463 e. The Morgan fingerprint density at radius 3 is 1.75 bits per heavy atom. The maximum atomic E-state index is 13.4. The molecule has 1 unspecified atom stereocenters. The van der Waals surface area contributed by atoms with E-state index in [4.69, 9.17) is 4.74 Å². The van der Waals surface area contributed by atoms with Gasteiger partial charge in [-0.25, -0.2) is 4.79 Å². The fraction of sp³-hybridized carbons (Fsp3) is 0.895. The number of ether oxygens (including phenoxy) is 2. The first-order chi connectivity index (χ1) is 14.1. The van der Waals surface area contributed by atoms with Crippen molar-refractivity contribution in [2.45, 2.75) is 77.8 Å². The van der Waals surface area contributed by atoms with Crippen LogP contribution in [0.3, 0.4) is 0 Å². The van der Waals surface area contributed by atoms with Crippen molar-refractivity contribution >= 4 is 11.9 Å². The highest BCUT2D eigenvalue weighted by molar-refractivity contribution is 5.78. The van der Waals surface area contributed by atoms with Crippen LogP contribution in [0, 0.1) is 17.3 Å². The molecule has 32 heavy (non-hydrogen) atoms. The standard InChI is InChI=1S/C19H27F9O4/c1-6-15(4,5)9-12(11(2)3)14(30)32-10-13(29)31-8-7-16(20,21)17(22,23)18(24,25)19(26,27)28/h11-12H,6-10H2,1-5H3. The zero-order valence-corrected chi connectivity index (χ0v) is 18.2. The highest BCUT2D eigenvalue weighted by Gasteiger charge is 2.81. The Morgan fingerprint density at radius 1 is 0.844 bits per heavy atom. The van der Waals surface area contributed by atoms with E-state index in [1.54, 1.807) is 13.8 Å². The Kier molecular flexibility index (Phi) is 9.94. The van der Waals surface area contributed by atoms with E-state index in [1.807, 2.05) is 20.8 Å². The SMILES string of the molecule is CCC(C)(C)CC(C(=O)OCC(=O)OCCC(F)(F)C(F)(F)C(F)(F)C(F)(F)F)C(C)C. The van der Waals surface area contributed by atoms with E-state index in [-0.39, 0.29) is 11.3 Å². The summed E-state index contributed by atoms with van der Waals surface area (Å²) in [7, 11) is 0. The lowest BCUT2D eigenvalue weighted by Gasteiger charge is -2.33. The molecule has 0 aromatic carbocycles. The highest BCUT2D eigenvalue weighted by atomic mass is 19.4. The molecule has 4 nitrogen and oxygen atoms in total. The summed E-state index contributed by atoms with van der Waals surface area (Å²) in [5.41, 5.74) is -0.232. The lowest BCUT2D eigenvalue weighted by molar-refractivity contribution is -0.397. The molecule has 0 aliphatic carbocycles. The minimum Gasteiger partial charge on any atom is -0.463 e. The minimum absolute atomic E-state index is 0.180. The second-order valence-corrected chi connectivity index (χ2v) is 8.50. The van der Waals surface area contributed by atoms with Crippen LogP contribution < -0.4 is 0 Å². The monoisotopic (exact) mass is 490 g/mol. The molecular formula is C19H27F9O4. The molecule has 0 bridgehead atoms. The smallest absolute Gasteiger partial charge is 0.460 e. The summed E-state index contributed by atoms with van der Waals surface area (Å²) in [6.07, 6.45) is -8.10. The number of alkyl halides is 9. The van der Waals surface area contributed by atoms with Crippen LogP contribution in [0.1, 0.15) is 53.9 Å². The molecule has 0 N–H and O–H groups in total. The molecule has 0 aromatic heterocycles. The maximum Gasteiger partial charge on any atom is 0.460 e. The fourth-order valence-electron chi connectivity index (χ4n) is 2.47. The third-order valence-electron chi connectivity index (χ3n) is 5.06. The van der Waals surface area contributed by atoms with Gasteiger partial charge < -0.3 is 9.47 Å². The van der Waals surface area contributed by atoms with E-state index in [0.29, 0.717) is 6.42 Å². The van der Waals surface area contributed by atoms with Gasteiger partial charge in [0.05, 0.1) is 18.9 Å². The summed E-state index contributed by atoms with van der Waals surface area (Å²) in [4.78, 5) is 23.7. The van der Waals surface area contributed by atoms with Gasteiger partial charge in [-0.1, -0.05) is 41.0 Å². The molecule has 13 heteroatoms. The van der Waals surface area contributed by atoms with Gasteiger partial charge in [0.25, 0.3) is 0 Å². The van der Waals surface area contributed by atoms with Gasteiger partial charge >= 0.3 is 35.9 Å². The van der Waals surface area contributed by atoms with Crippen molar-refractivity contribution in [3.8, 4) is 0 Å². The van der Waals surface area contributed by atoms with E-state index < -0.39 is 61.4 Å². The van der Waals surface area contributed by atoms with Crippen LogP contribution in [0.2, 0.25) is 0 Å². The predicted octanol–water partition coefficient (Wildman–Crippen LogP) is 6.03. The molecule has 0 spiro atoms. The van der Waals surface area contributed by atoms with Crippen LogP contribution in [-0.4, -0.2) is 49.1 Å². The summed E-state index contributed by atoms with van der Waals surface area (Å²) in [5, 5.41) is 0. The van der Waals surface area contributed by atoms with Crippen LogP contribution in [0.5, 0.6) is 0 Å². The second-order valence-electron chi connectivity index (χ2n) is 8.50. The number of halogens is 9. The van der Waals surface area contributed by atoms with E-state index in [9.17, 15) is 49.1 Å². The number of hydrogen-bond acceptors (Lipinski definition) is 4. The molecule has 0 aromatic rings. The molecule has 0 heterocycles. The van der Waals surface area contributed by atoms with Crippen LogP contribution in [0.25, 0.3) is 0 Å². The molecule has 0 rings (SSSR count). The van der Waals surface area contributed by atoms with E-state index in [1.165, 1.54) is 0 Å². The molecule has 190 valence electrons. The Hall–Kier alpha value is -1.69. The first-order valence-corrected chi connectivity index (χ1v) is 9.65. The second kappa shape index (κ2) is 10.5.